The van der Waals surface area contributed by atoms with Gasteiger partial charge >= 0.3 is 0 Å². The SMILES string of the molecule is CCC1CCC(O)(c2ccc3c(c2)OCCO3)CC1. The molecule has 1 aromatic carbocycles. The van der Waals surface area contributed by atoms with Gasteiger partial charge in [-0.1, -0.05) is 19.4 Å². The van der Waals surface area contributed by atoms with Gasteiger partial charge in [0.1, 0.15) is 13.2 Å². The van der Waals surface area contributed by atoms with Crippen molar-refractivity contribution < 1.29 is 14.6 Å². The first-order chi connectivity index (χ1) is 9.21. The molecule has 0 bridgehead atoms. The molecule has 0 unspecified atom stereocenters. The Kier molecular flexibility index (Phi) is 3.40. The van der Waals surface area contributed by atoms with Crippen LogP contribution in [0.3, 0.4) is 0 Å². The van der Waals surface area contributed by atoms with Gasteiger partial charge in [0.15, 0.2) is 11.5 Å². The molecule has 0 spiro atoms. The molecule has 19 heavy (non-hydrogen) atoms. The fourth-order valence-corrected chi connectivity index (χ4v) is 3.18. The van der Waals surface area contributed by atoms with Gasteiger partial charge in [-0.05, 0) is 49.3 Å². The molecule has 2 aliphatic rings. The molecule has 0 amide bonds. The summed E-state index contributed by atoms with van der Waals surface area (Å²) in [7, 11) is 0. The number of ether oxygens (including phenoxy) is 2. The first-order valence-corrected chi connectivity index (χ1v) is 7.34. The van der Waals surface area contributed by atoms with E-state index < -0.39 is 5.60 Å². The number of hydrogen-bond acceptors (Lipinski definition) is 3. The monoisotopic (exact) mass is 262 g/mol. The number of hydrogen-bond donors (Lipinski definition) is 1. The van der Waals surface area contributed by atoms with Gasteiger partial charge in [0, 0.05) is 0 Å². The molecule has 1 heterocycles. The van der Waals surface area contributed by atoms with Crippen LogP contribution in [0.2, 0.25) is 0 Å². The zero-order valence-corrected chi connectivity index (χ0v) is 11.5. The summed E-state index contributed by atoms with van der Waals surface area (Å²) in [4.78, 5) is 0. The topological polar surface area (TPSA) is 38.7 Å². The number of rotatable bonds is 2. The fraction of sp³-hybridized carbons (Fsp3) is 0.625. The molecular weight excluding hydrogens is 240 g/mol. The predicted octanol–water partition coefficient (Wildman–Crippen LogP) is 3.25. The van der Waals surface area contributed by atoms with Crippen LogP contribution in [0.5, 0.6) is 11.5 Å². The van der Waals surface area contributed by atoms with E-state index in [-0.39, 0.29) is 0 Å². The Morgan fingerprint density at radius 3 is 2.53 bits per heavy atom. The van der Waals surface area contributed by atoms with E-state index in [4.69, 9.17) is 9.47 Å². The minimum absolute atomic E-state index is 0.590. The smallest absolute Gasteiger partial charge is 0.161 e. The van der Waals surface area contributed by atoms with Crippen LogP contribution in [-0.4, -0.2) is 18.3 Å². The molecule has 0 radical (unpaired) electrons. The summed E-state index contributed by atoms with van der Waals surface area (Å²) in [6.07, 6.45) is 5.15. The minimum Gasteiger partial charge on any atom is -0.486 e. The van der Waals surface area contributed by atoms with Crippen molar-refractivity contribution in [3.63, 3.8) is 0 Å². The average Bonchev–Trinajstić information content (AvgIpc) is 2.47. The zero-order chi connectivity index (χ0) is 13.3. The lowest BCUT2D eigenvalue weighted by Crippen LogP contribution is -2.31. The summed E-state index contributed by atoms with van der Waals surface area (Å²) in [6.45, 7) is 3.43. The highest BCUT2D eigenvalue weighted by atomic mass is 16.6. The molecule has 0 saturated heterocycles. The van der Waals surface area contributed by atoms with E-state index in [2.05, 4.69) is 6.92 Å². The maximum Gasteiger partial charge on any atom is 0.161 e. The molecule has 0 aromatic heterocycles. The number of fused-ring (bicyclic) bond motifs is 1. The molecule has 1 N–H and O–H groups in total. The Labute approximate surface area is 114 Å². The standard InChI is InChI=1S/C16H22O3/c1-2-12-5-7-16(17,8-6-12)13-3-4-14-15(11-13)19-10-9-18-14/h3-4,11-12,17H,2,5-10H2,1H3. The summed E-state index contributed by atoms with van der Waals surface area (Å²) in [5.41, 5.74) is 0.299. The minimum atomic E-state index is -0.679. The molecule has 104 valence electrons. The van der Waals surface area contributed by atoms with E-state index in [1.54, 1.807) is 0 Å². The summed E-state index contributed by atoms with van der Waals surface area (Å²) in [6, 6.07) is 5.87. The quantitative estimate of drug-likeness (QED) is 0.889. The van der Waals surface area contributed by atoms with Crippen molar-refractivity contribution in [3.8, 4) is 11.5 Å². The lowest BCUT2D eigenvalue weighted by molar-refractivity contribution is -0.0149. The van der Waals surface area contributed by atoms with Gasteiger partial charge in [-0.15, -0.1) is 0 Å². The Morgan fingerprint density at radius 1 is 1.16 bits per heavy atom. The zero-order valence-electron chi connectivity index (χ0n) is 11.5. The van der Waals surface area contributed by atoms with Crippen LogP contribution in [0, 0.1) is 5.92 Å². The molecule has 1 saturated carbocycles. The van der Waals surface area contributed by atoms with Crippen LogP contribution in [-0.2, 0) is 5.60 Å². The molecule has 3 rings (SSSR count). The van der Waals surface area contributed by atoms with Crippen LogP contribution >= 0.6 is 0 Å². The van der Waals surface area contributed by atoms with Gasteiger partial charge < -0.3 is 14.6 Å². The second kappa shape index (κ2) is 5.04. The Hall–Kier alpha value is -1.22. The molecule has 1 aromatic rings. The van der Waals surface area contributed by atoms with E-state index >= 15 is 0 Å². The van der Waals surface area contributed by atoms with E-state index in [1.807, 2.05) is 18.2 Å². The molecule has 1 aliphatic heterocycles. The predicted molar refractivity (Wildman–Crippen MR) is 73.6 cm³/mol. The Bertz CT molecular complexity index is 447. The normalized spacial score (nSPS) is 30.1. The van der Waals surface area contributed by atoms with Crippen molar-refractivity contribution in [2.45, 2.75) is 44.6 Å². The third-order valence-corrected chi connectivity index (χ3v) is 4.59. The van der Waals surface area contributed by atoms with Crippen LogP contribution < -0.4 is 9.47 Å². The largest absolute Gasteiger partial charge is 0.486 e. The van der Waals surface area contributed by atoms with Gasteiger partial charge in [-0.3, -0.25) is 0 Å². The number of aliphatic hydroxyl groups is 1. The number of benzene rings is 1. The average molecular weight is 262 g/mol. The van der Waals surface area contributed by atoms with Crippen molar-refractivity contribution in [2.24, 2.45) is 5.92 Å². The van der Waals surface area contributed by atoms with Gasteiger partial charge in [0.05, 0.1) is 5.60 Å². The third kappa shape index (κ3) is 2.44. The first-order valence-electron chi connectivity index (χ1n) is 7.34. The second-order valence-electron chi connectivity index (χ2n) is 5.74. The molecule has 1 aliphatic carbocycles. The first kappa shape index (κ1) is 12.8. The Balaban J connectivity index is 1.81. The highest BCUT2D eigenvalue weighted by molar-refractivity contribution is 5.45. The summed E-state index contributed by atoms with van der Waals surface area (Å²) in [5.74, 6) is 2.34. The maximum absolute atomic E-state index is 10.9. The Morgan fingerprint density at radius 2 is 1.84 bits per heavy atom. The highest BCUT2D eigenvalue weighted by Crippen LogP contribution is 2.43. The summed E-state index contributed by atoms with van der Waals surface area (Å²) in [5, 5.41) is 10.9. The van der Waals surface area contributed by atoms with E-state index in [1.165, 1.54) is 6.42 Å². The van der Waals surface area contributed by atoms with Crippen molar-refractivity contribution in [2.75, 3.05) is 13.2 Å². The van der Waals surface area contributed by atoms with Crippen LogP contribution in [0.4, 0.5) is 0 Å². The lowest BCUT2D eigenvalue weighted by atomic mass is 9.74. The molecule has 0 atom stereocenters. The van der Waals surface area contributed by atoms with Gasteiger partial charge in [0.2, 0.25) is 0 Å². The molecule has 1 fully saturated rings. The van der Waals surface area contributed by atoms with Crippen LogP contribution in [0.25, 0.3) is 0 Å². The maximum atomic E-state index is 10.9. The van der Waals surface area contributed by atoms with E-state index in [0.29, 0.717) is 13.2 Å². The van der Waals surface area contributed by atoms with Crippen molar-refractivity contribution in [3.05, 3.63) is 23.8 Å². The summed E-state index contributed by atoms with van der Waals surface area (Å²) < 4.78 is 11.1. The van der Waals surface area contributed by atoms with E-state index in [9.17, 15) is 5.11 Å². The van der Waals surface area contributed by atoms with Crippen molar-refractivity contribution in [1.29, 1.82) is 0 Å². The van der Waals surface area contributed by atoms with Crippen LogP contribution in [0.15, 0.2) is 18.2 Å². The van der Waals surface area contributed by atoms with Crippen molar-refractivity contribution in [1.82, 2.24) is 0 Å². The molecule has 3 heteroatoms. The van der Waals surface area contributed by atoms with Crippen molar-refractivity contribution >= 4 is 0 Å². The lowest BCUT2D eigenvalue weighted by Gasteiger charge is -2.36. The van der Waals surface area contributed by atoms with E-state index in [0.717, 1.165) is 48.7 Å². The second-order valence-corrected chi connectivity index (χ2v) is 5.74. The molecular formula is C16H22O3. The van der Waals surface area contributed by atoms with Gasteiger partial charge in [0.25, 0.3) is 0 Å². The van der Waals surface area contributed by atoms with Crippen LogP contribution in [0.1, 0.15) is 44.6 Å². The fourth-order valence-electron chi connectivity index (χ4n) is 3.18. The van der Waals surface area contributed by atoms with Gasteiger partial charge in [-0.2, -0.15) is 0 Å². The molecule has 3 nitrogen and oxygen atoms in total. The summed E-state index contributed by atoms with van der Waals surface area (Å²) >= 11 is 0. The highest BCUT2D eigenvalue weighted by Gasteiger charge is 2.35. The third-order valence-electron chi connectivity index (χ3n) is 4.59. The van der Waals surface area contributed by atoms with Gasteiger partial charge in [-0.25, -0.2) is 0 Å².